The van der Waals surface area contributed by atoms with Crippen molar-refractivity contribution in [2.45, 2.75) is 19.9 Å². The lowest BCUT2D eigenvalue weighted by atomic mass is 9.95. The molecule has 1 aliphatic heterocycles. The first-order valence-corrected chi connectivity index (χ1v) is 11.9. The Labute approximate surface area is 208 Å². The number of nitrogens with one attached hydrogen (secondary N) is 2. The Balaban J connectivity index is 1.85. The zero-order valence-corrected chi connectivity index (χ0v) is 21.2. The number of anilines is 1. The van der Waals surface area contributed by atoms with Gasteiger partial charge in [-0.15, -0.1) is 0 Å². The summed E-state index contributed by atoms with van der Waals surface area (Å²) in [7, 11) is 4.65. The Hall–Kier alpha value is -3.66. The number of amides is 1. The van der Waals surface area contributed by atoms with Gasteiger partial charge in [0.2, 0.25) is 5.91 Å². The molecule has 0 saturated heterocycles. The van der Waals surface area contributed by atoms with Crippen molar-refractivity contribution >= 4 is 34.5 Å². The summed E-state index contributed by atoms with van der Waals surface area (Å²) < 4.78 is 21.4. The summed E-state index contributed by atoms with van der Waals surface area (Å²) in [5.41, 5.74) is 2.22. The Morgan fingerprint density at radius 1 is 1.06 bits per heavy atom. The second-order valence-corrected chi connectivity index (χ2v) is 8.33. The van der Waals surface area contributed by atoms with Gasteiger partial charge < -0.3 is 29.6 Å². The number of thioether (sulfide) groups is 1. The van der Waals surface area contributed by atoms with Crippen LogP contribution in [0.25, 0.3) is 0 Å². The molecule has 1 aliphatic rings. The number of amidine groups is 1. The highest BCUT2D eigenvalue weighted by molar-refractivity contribution is 8.14. The molecule has 0 fully saturated rings. The number of ether oxygens (including phenoxy) is 4. The van der Waals surface area contributed by atoms with Crippen LogP contribution in [-0.2, 0) is 14.3 Å². The normalized spacial score (nSPS) is 15.0. The number of allylic oxidation sites excluding steroid dienone is 1. The zero-order chi connectivity index (χ0) is 25.4. The van der Waals surface area contributed by atoms with Crippen LogP contribution >= 0.6 is 11.8 Å². The number of methoxy groups -OCH3 is 3. The SMILES string of the molecule is CCOC(=O)C1=C(C)NC(SCC(=O)Nc2ccccc2OC)=N[C@H]1c1ccc(OC)cc1OC. The number of benzene rings is 2. The highest BCUT2D eigenvalue weighted by atomic mass is 32.2. The van der Waals surface area contributed by atoms with Crippen molar-refractivity contribution in [3.05, 3.63) is 59.3 Å². The molecule has 9 nitrogen and oxygen atoms in total. The summed E-state index contributed by atoms with van der Waals surface area (Å²) in [6.45, 7) is 3.76. The molecule has 1 heterocycles. The van der Waals surface area contributed by atoms with E-state index in [4.69, 9.17) is 23.9 Å². The third-order valence-electron chi connectivity index (χ3n) is 5.17. The molecular formula is C25H29N3O6S. The Morgan fingerprint density at radius 3 is 2.49 bits per heavy atom. The maximum absolute atomic E-state index is 12.8. The average Bonchev–Trinajstić information content (AvgIpc) is 2.87. The molecule has 35 heavy (non-hydrogen) atoms. The second kappa shape index (κ2) is 12.2. The minimum absolute atomic E-state index is 0.0956. The molecule has 1 amide bonds. The number of aliphatic imine (C=N–C) groups is 1. The topological polar surface area (TPSA) is 107 Å². The molecule has 0 saturated carbocycles. The van der Waals surface area contributed by atoms with E-state index in [1.807, 2.05) is 12.1 Å². The standard InChI is InChI=1S/C25H29N3O6S/c1-6-34-24(30)22-15(2)26-25(28-23(22)17-12-11-16(31-3)13-20(17)33-5)35-14-21(29)27-18-9-7-8-10-19(18)32-4/h7-13,23H,6,14H2,1-5H3,(H,26,28)(H,27,29)/t23-/m0/s1. The van der Waals surface area contributed by atoms with Crippen LogP contribution in [0, 0.1) is 0 Å². The van der Waals surface area contributed by atoms with Crippen molar-refractivity contribution in [3.63, 3.8) is 0 Å². The fourth-order valence-electron chi connectivity index (χ4n) is 3.53. The van der Waals surface area contributed by atoms with Gasteiger partial charge in [-0.25, -0.2) is 9.79 Å². The summed E-state index contributed by atoms with van der Waals surface area (Å²) in [4.78, 5) is 30.2. The summed E-state index contributed by atoms with van der Waals surface area (Å²) in [6, 6.07) is 11.8. The second-order valence-electron chi connectivity index (χ2n) is 7.37. The summed E-state index contributed by atoms with van der Waals surface area (Å²) in [6.07, 6.45) is 0. The number of hydrogen-bond acceptors (Lipinski definition) is 9. The predicted molar refractivity (Wildman–Crippen MR) is 136 cm³/mol. The molecule has 10 heteroatoms. The molecule has 2 aromatic carbocycles. The number of nitrogens with zero attached hydrogens (tertiary/aromatic N) is 1. The number of esters is 1. The number of carbonyl (C=O) groups is 2. The van der Waals surface area contributed by atoms with Gasteiger partial charge >= 0.3 is 5.97 Å². The molecule has 2 N–H and O–H groups in total. The molecule has 186 valence electrons. The first-order valence-electron chi connectivity index (χ1n) is 10.9. The molecule has 2 aromatic rings. The maximum atomic E-state index is 12.8. The van der Waals surface area contributed by atoms with E-state index in [0.717, 1.165) is 0 Å². The largest absolute Gasteiger partial charge is 0.497 e. The van der Waals surface area contributed by atoms with E-state index in [1.165, 1.54) is 11.8 Å². The summed E-state index contributed by atoms with van der Waals surface area (Å²) >= 11 is 1.22. The average molecular weight is 500 g/mol. The fraction of sp³-hybridized carbons (Fsp3) is 0.320. The third-order valence-corrected chi connectivity index (χ3v) is 6.06. The monoisotopic (exact) mass is 499 g/mol. The van der Waals surface area contributed by atoms with Crippen LogP contribution in [0.15, 0.2) is 58.7 Å². The van der Waals surface area contributed by atoms with Crippen molar-refractivity contribution in [3.8, 4) is 17.2 Å². The first-order chi connectivity index (χ1) is 16.9. The van der Waals surface area contributed by atoms with E-state index in [9.17, 15) is 9.59 Å². The lowest BCUT2D eigenvalue weighted by molar-refractivity contribution is -0.139. The zero-order valence-electron chi connectivity index (χ0n) is 20.3. The van der Waals surface area contributed by atoms with E-state index in [-0.39, 0.29) is 18.3 Å². The molecule has 3 rings (SSSR count). The lowest BCUT2D eigenvalue weighted by Gasteiger charge is -2.26. The molecular weight excluding hydrogens is 470 g/mol. The molecule has 0 spiro atoms. The molecule has 0 bridgehead atoms. The van der Waals surface area contributed by atoms with Crippen LogP contribution in [0.1, 0.15) is 25.5 Å². The maximum Gasteiger partial charge on any atom is 0.338 e. The third kappa shape index (κ3) is 6.27. The van der Waals surface area contributed by atoms with Crippen molar-refractivity contribution < 1.29 is 28.5 Å². The van der Waals surface area contributed by atoms with Gasteiger partial charge in [-0.1, -0.05) is 23.9 Å². The molecule has 1 atom stereocenters. The highest BCUT2D eigenvalue weighted by Gasteiger charge is 2.32. The van der Waals surface area contributed by atoms with Crippen molar-refractivity contribution in [2.24, 2.45) is 4.99 Å². The van der Waals surface area contributed by atoms with Gasteiger partial charge in [0, 0.05) is 17.3 Å². The van der Waals surface area contributed by atoms with Gasteiger partial charge in [0.15, 0.2) is 5.17 Å². The van der Waals surface area contributed by atoms with Crippen LogP contribution < -0.4 is 24.8 Å². The Kier molecular flexibility index (Phi) is 9.02. The van der Waals surface area contributed by atoms with E-state index in [0.29, 0.717) is 44.9 Å². The van der Waals surface area contributed by atoms with Gasteiger partial charge in [0.25, 0.3) is 0 Å². The minimum Gasteiger partial charge on any atom is -0.497 e. The van der Waals surface area contributed by atoms with E-state index in [2.05, 4.69) is 10.6 Å². The van der Waals surface area contributed by atoms with Crippen LogP contribution in [0.2, 0.25) is 0 Å². The van der Waals surface area contributed by atoms with Crippen molar-refractivity contribution in [1.29, 1.82) is 0 Å². The Morgan fingerprint density at radius 2 is 1.80 bits per heavy atom. The fourth-order valence-corrected chi connectivity index (χ4v) is 4.28. The molecule has 0 aromatic heterocycles. The Bertz CT molecular complexity index is 1150. The van der Waals surface area contributed by atoms with Crippen LogP contribution in [-0.4, -0.2) is 50.7 Å². The van der Waals surface area contributed by atoms with Gasteiger partial charge in [0.05, 0.1) is 44.9 Å². The number of rotatable bonds is 9. The number of hydrogen-bond donors (Lipinski definition) is 2. The molecule has 0 unspecified atom stereocenters. The number of carbonyl (C=O) groups excluding carboxylic acids is 2. The first kappa shape index (κ1) is 26.0. The summed E-state index contributed by atoms with van der Waals surface area (Å²) in [5, 5.41) is 6.47. The van der Waals surface area contributed by atoms with E-state index < -0.39 is 12.0 Å². The van der Waals surface area contributed by atoms with E-state index in [1.54, 1.807) is 65.5 Å². The van der Waals surface area contributed by atoms with Crippen LogP contribution in [0.3, 0.4) is 0 Å². The van der Waals surface area contributed by atoms with Gasteiger partial charge in [0.1, 0.15) is 23.3 Å². The molecule has 0 aliphatic carbocycles. The van der Waals surface area contributed by atoms with Crippen LogP contribution in [0.4, 0.5) is 5.69 Å². The number of para-hydroxylation sites is 2. The van der Waals surface area contributed by atoms with Crippen molar-refractivity contribution in [2.75, 3.05) is 39.0 Å². The van der Waals surface area contributed by atoms with E-state index >= 15 is 0 Å². The lowest BCUT2D eigenvalue weighted by Crippen LogP contribution is -2.31. The van der Waals surface area contributed by atoms with Gasteiger partial charge in [-0.3, -0.25) is 4.79 Å². The quantitative estimate of drug-likeness (QED) is 0.500. The minimum atomic E-state index is -0.684. The highest BCUT2D eigenvalue weighted by Crippen LogP contribution is 2.39. The predicted octanol–water partition coefficient (Wildman–Crippen LogP) is 3.92. The molecule has 0 radical (unpaired) electrons. The van der Waals surface area contributed by atoms with Gasteiger partial charge in [-0.05, 0) is 38.1 Å². The van der Waals surface area contributed by atoms with Crippen molar-refractivity contribution in [1.82, 2.24) is 5.32 Å². The van der Waals surface area contributed by atoms with Crippen LogP contribution in [0.5, 0.6) is 17.2 Å². The van der Waals surface area contributed by atoms with Gasteiger partial charge in [-0.2, -0.15) is 0 Å². The summed E-state index contributed by atoms with van der Waals surface area (Å²) in [5.74, 6) is 1.11. The smallest absolute Gasteiger partial charge is 0.338 e.